The maximum absolute atomic E-state index is 12.7. The van der Waals surface area contributed by atoms with Crippen LogP contribution in [-0.4, -0.2) is 53.0 Å². The number of para-hydroxylation sites is 1. The number of hydrogen-bond donors (Lipinski definition) is 4. The number of rotatable bonds is 6. The third kappa shape index (κ3) is 6.72. The molecule has 1 aliphatic carbocycles. The molecular formula is C23H20F6N6O3. The molecule has 4 amide bonds. The van der Waals surface area contributed by atoms with Gasteiger partial charge in [-0.15, -0.1) is 0 Å². The normalized spacial score (nSPS) is 13.7. The van der Waals surface area contributed by atoms with E-state index in [0.717, 1.165) is 17.4 Å². The summed E-state index contributed by atoms with van der Waals surface area (Å²) in [4.78, 5) is 41.1. The number of carbonyl (C=O) groups excluding carboxylic acids is 3. The Morgan fingerprint density at radius 1 is 0.947 bits per heavy atom. The van der Waals surface area contributed by atoms with Crippen molar-refractivity contribution >= 4 is 40.4 Å². The fourth-order valence-corrected chi connectivity index (χ4v) is 3.62. The van der Waals surface area contributed by atoms with Crippen molar-refractivity contribution in [2.75, 3.05) is 23.7 Å². The SMILES string of the molecule is O=C(NCC(F)(F)F)Nc1cccc2c(-c3ccnc(NC(=O)C4CC4)c3)cn(C(=O)NCC(F)(F)F)c12. The van der Waals surface area contributed by atoms with Crippen molar-refractivity contribution in [3.05, 3.63) is 42.7 Å². The quantitative estimate of drug-likeness (QED) is 0.333. The zero-order chi connectivity index (χ0) is 27.7. The second kappa shape index (κ2) is 10.2. The number of benzene rings is 1. The van der Waals surface area contributed by atoms with Crippen molar-refractivity contribution in [3.8, 4) is 11.1 Å². The average Bonchev–Trinajstić information content (AvgIpc) is 3.61. The number of nitrogens with zero attached hydrogens (tertiary/aromatic N) is 2. The lowest BCUT2D eigenvalue weighted by molar-refractivity contribution is -0.123. The van der Waals surface area contributed by atoms with Crippen LogP contribution < -0.4 is 21.3 Å². The Balaban J connectivity index is 1.73. The summed E-state index contributed by atoms with van der Waals surface area (Å²) in [6.45, 7) is -3.27. The van der Waals surface area contributed by atoms with E-state index in [2.05, 4.69) is 15.6 Å². The third-order valence-corrected chi connectivity index (χ3v) is 5.45. The van der Waals surface area contributed by atoms with Crippen LogP contribution in [0.5, 0.6) is 0 Å². The molecule has 0 radical (unpaired) electrons. The molecule has 9 nitrogen and oxygen atoms in total. The first-order chi connectivity index (χ1) is 17.8. The largest absolute Gasteiger partial charge is 0.405 e. The van der Waals surface area contributed by atoms with Gasteiger partial charge in [0, 0.05) is 29.3 Å². The Morgan fingerprint density at radius 2 is 1.63 bits per heavy atom. The highest BCUT2D eigenvalue weighted by Crippen LogP contribution is 2.36. The van der Waals surface area contributed by atoms with Gasteiger partial charge in [0.25, 0.3) is 0 Å². The van der Waals surface area contributed by atoms with Gasteiger partial charge in [0.05, 0.1) is 11.2 Å². The first-order valence-corrected chi connectivity index (χ1v) is 11.2. The molecule has 0 atom stereocenters. The summed E-state index contributed by atoms with van der Waals surface area (Å²) in [7, 11) is 0. The highest BCUT2D eigenvalue weighted by molar-refractivity contribution is 6.09. The predicted molar refractivity (Wildman–Crippen MR) is 124 cm³/mol. The summed E-state index contributed by atoms with van der Waals surface area (Å²) in [6, 6.07) is 4.84. The molecule has 0 spiro atoms. The van der Waals surface area contributed by atoms with Crippen LogP contribution in [0.3, 0.4) is 0 Å². The molecule has 0 bridgehead atoms. The number of anilines is 2. The van der Waals surface area contributed by atoms with E-state index in [1.165, 1.54) is 42.7 Å². The summed E-state index contributed by atoms with van der Waals surface area (Å²) < 4.78 is 76.5. The number of nitrogens with one attached hydrogen (secondary N) is 4. The van der Waals surface area contributed by atoms with Crippen LogP contribution >= 0.6 is 0 Å². The Kier molecular flexibility index (Phi) is 7.20. The zero-order valence-electron chi connectivity index (χ0n) is 19.3. The standard InChI is InChI=1S/C23H20F6N6O3/c24-22(25,26)10-31-20(37)33-16-3-1-2-14-15(9-35(18(14)16)21(38)32-11-23(27,28)29)13-6-7-30-17(8-13)34-19(36)12-4-5-12/h1-3,6-9,12H,4-5,10-11H2,(H,32,38)(H,30,34,36)(H2,31,33,37). The molecule has 2 aromatic heterocycles. The van der Waals surface area contributed by atoms with Crippen LogP contribution in [0.4, 0.5) is 47.4 Å². The van der Waals surface area contributed by atoms with Crippen LogP contribution in [0.25, 0.3) is 22.0 Å². The summed E-state index contributed by atoms with van der Waals surface area (Å²) in [5.41, 5.74) is 0.555. The zero-order valence-corrected chi connectivity index (χ0v) is 19.3. The molecule has 38 heavy (non-hydrogen) atoms. The van der Waals surface area contributed by atoms with E-state index in [1.54, 1.807) is 10.6 Å². The maximum Gasteiger partial charge on any atom is 0.405 e. The smallest absolute Gasteiger partial charge is 0.329 e. The van der Waals surface area contributed by atoms with Crippen molar-refractivity contribution < 1.29 is 40.7 Å². The lowest BCUT2D eigenvalue weighted by Gasteiger charge is -2.13. The highest BCUT2D eigenvalue weighted by Gasteiger charge is 2.31. The maximum atomic E-state index is 12.7. The van der Waals surface area contributed by atoms with E-state index in [0.29, 0.717) is 11.1 Å². The van der Waals surface area contributed by atoms with E-state index in [1.807, 2.05) is 0 Å². The molecule has 15 heteroatoms. The van der Waals surface area contributed by atoms with Gasteiger partial charge in [-0.1, -0.05) is 12.1 Å². The average molecular weight is 542 g/mol. The Labute approximate surface area is 210 Å². The first-order valence-electron chi connectivity index (χ1n) is 11.2. The minimum Gasteiger partial charge on any atom is -0.329 e. The topological polar surface area (TPSA) is 117 Å². The summed E-state index contributed by atoms with van der Waals surface area (Å²) in [6.07, 6.45) is -5.26. The molecular weight excluding hydrogens is 522 g/mol. The summed E-state index contributed by atoms with van der Waals surface area (Å²) >= 11 is 0. The van der Waals surface area contributed by atoms with Crippen molar-refractivity contribution in [1.29, 1.82) is 0 Å². The molecule has 1 fully saturated rings. The van der Waals surface area contributed by atoms with Gasteiger partial charge in [-0.05, 0) is 36.6 Å². The van der Waals surface area contributed by atoms with E-state index in [-0.39, 0.29) is 34.2 Å². The second-order valence-corrected chi connectivity index (χ2v) is 8.50. The fraction of sp³-hybridized carbons (Fsp3) is 0.304. The molecule has 3 aromatic rings. The second-order valence-electron chi connectivity index (χ2n) is 8.50. The molecule has 1 aliphatic rings. The Bertz CT molecular complexity index is 1380. The van der Waals surface area contributed by atoms with E-state index < -0.39 is 37.5 Å². The highest BCUT2D eigenvalue weighted by atomic mass is 19.4. The molecule has 1 aromatic carbocycles. The summed E-state index contributed by atoms with van der Waals surface area (Å²) in [5.74, 6) is -0.0978. The molecule has 0 saturated heterocycles. The van der Waals surface area contributed by atoms with Crippen molar-refractivity contribution in [2.45, 2.75) is 25.2 Å². The first kappa shape index (κ1) is 26.8. The van der Waals surface area contributed by atoms with Crippen molar-refractivity contribution in [1.82, 2.24) is 20.2 Å². The van der Waals surface area contributed by atoms with Crippen LogP contribution in [0.1, 0.15) is 12.8 Å². The minimum atomic E-state index is -4.71. The third-order valence-electron chi connectivity index (χ3n) is 5.45. The van der Waals surface area contributed by atoms with Gasteiger partial charge in [-0.25, -0.2) is 14.6 Å². The molecule has 202 valence electrons. The molecule has 2 heterocycles. The number of carbonyl (C=O) groups is 3. The van der Waals surface area contributed by atoms with Gasteiger partial charge in [-0.3, -0.25) is 9.36 Å². The predicted octanol–water partition coefficient (Wildman–Crippen LogP) is 4.86. The lowest BCUT2D eigenvalue weighted by Crippen LogP contribution is -2.37. The van der Waals surface area contributed by atoms with Gasteiger partial charge in [0.2, 0.25) is 5.91 Å². The number of amides is 4. The van der Waals surface area contributed by atoms with Crippen molar-refractivity contribution in [3.63, 3.8) is 0 Å². The van der Waals surface area contributed by atoms with Gasteiger partial charge in [0.1, 0.15) is 18.9 Å². The van der Waals surface area contributed by atoms with Crippen LogP contribution in [0.15, 0.2) is 42.7 Å². The Hall–Kier alpha value is -4.30. The number of urea groups is 1. The molecule has 0 aliphatic heterocycles. The molecule has 4 rings (SSSR count). The number of aromatic nitrogens is 2. The van der Waals surface area contributed by atoms with Crippen LogP contribution in [-0.2, 0) is 4.79 Å². The van der Waals surface area contributed by atoms with Crippen LogP contribution in [0.2, 0.25) is 0 Å². The number of hydrogen-bond acceptors (Lipinski definition) is 4. The summed E-state index contributed by atoms with van der Waals surface area (Å²) in [5, 5.41) is 8.52. The fourth-order valence-electron chi connectivity index (χ4n) is 3.62. The molecule has 1 saturated carbocycles. The Morgan fingerprint density at radius 3 is 2.29 bits per heavy atom. The van der Waals surface area contributed by atoms with E-state index in [4.69, 9.17) is 0 Å². The monoisotopic (exact) mass is 542 g/mol. The van der Waals surface area contributed by atoms with Gasteiger partial charge in [-0.2, -0.15) is 26.3 Å². The minimum absolute atomic E-state index is 0.0651. The van der Waals surface area contributed by atoms with Gasteiger partial charge < -0.3 is 21.3 Å². The molecule has 4 N–H and O–H groups in total. The van der Waals surface area contributed by atoms with E-state index >= 15 is 0 Å². The number of pyridine rings is 1. The molecule has 0 unspecified atom stereocenters. The van der Waals surface area contributed by atoms with Gasteiger partial charge >= 0.3 is 24.4 Å². The van der Waals surface area contributed by atoms with Crippen molar-refractivity contribution in [2.24, 2.45) is 5.92 Å². The van der Waals surface area contributed by atoms with E-state index in [9.17, 15) is 40.7 Å². The van der Waals surface area contributed by atoms with Crippen LogP contribution in [0, 0.1) is 5.92 Å². The lowest BCUT2D eigenvalue weighted by atomic mass is 10.1. The number of fused-ring (bicyclic) bond motifs is 1. The van der Waals surface area contributed by atoms with Gasteiger partial charge in [0.15, 0.2) is 0 Å². The number of halogens is 6. The number of alkyl halides is 6.